The maximum Gasteiger partial charge on any atom is 0.343 e. The van der Waals surface area contributed by atoms with Crippen LogP contribution < -0.4 is 0 Å². The minimum atomic E-state index is -2.65. The molecule has 0 saturated heterocycles. The average Bonchev–Trinajstić information content (AvgIpc) is 2.67. The van der Waals surface area contributed by atoms with Gasteiger partial charge in [0.25, 0.3) is 0 Å². The molecule has 2 aromatic carbocycles. The zero-order valence-electron chi connectivity index (χ0n) is 15.6. The Balaban J connectivity index is 2.50. The van der Waals surface area contributed by atoms with Gasteiger partial charge in [-0.15, -0.1) is 0 Å². The van der Waals surface area contributed by atoms with Gasteiger partial charge in [0, 0.05) is 5.56 Å². The number of hydrogen-bond donors (Lipinski definition) is 0. The normalized spacial score (nSPS) is 14.0. The van der Waals surface area contributed by atoms with Crippen LogP contribution >= 0.6 is 6.26 Å². The third-order valence-electron chi connectivity index (χ3n) is 3.62. The lowest BCUT2D eigenvalue weighted by molar-refractivity contribution is 0.0691. The summed E-state index contributed by atoms with van der Waals surface area (Å²) < 4.78 is 11.6. The van der Waals surface area contributed by atoms with Crippen LogP contribution in [0.25, 0.3) is 5.76 Å². The van der Waals surface area contributed by atoms with E-state index in [1.165, 1.54) is 0 Å². The number of hydrogen-bond acceptors (Lipinski definition) is 5. The number of allylic oxidation sites excluding steroid dienone is 1. The van der Waals surface area contributed by atoms with Crippen molar-refractivity contribution < 1.29 is 14.1 Å². The van der Waals surface area contributed by atoms with Crippen LogP contribution in [0.3, 0.4) is 0 Å². The zero-order valence-corrected chi connectivity index (χ0v) is 17.3. The Hall–Kier alpha value is -2.25. The van der Waals surface area contributed by atoms with Gasteiger partial charge in [-0.05, 0) is 24.7 Å². The molecule has 0 aliphatic carbocycles. The molecule has 2 rings (SSSR count). The van der Waals surface area contributed by atoms with Crippen molar-refractivity contribution in [3.05, 3.63) is 77.1 Å². The standard InChI is InChI=1S/C21H22NO3PS/c1-16(2)15-24-26(3,27)19(14-22)20(17-10-6-4-7-11-17)25-21(23)18-12-8-5-9-13-18/h4-13,16H,15H2,1-3H3/b20-19+/t26-/m0/s1. The smallest absolute Gasteiger partial charge is 0.343 e. The lowest BCUT2D eigenvalue weighted by atomic mass is 10.1. The summed E-state index contributed by atoms with van der Waals surface area (Å²) in [4.78, 5) is 12.6. The monoisotopic (exact) mass is 399 g/mol. The number of carbonyl (C=O) groups excluding carboxylic acids is 1. The highest BCUT2D eigenvalue weighted by Crippen LogP contribution is 2.54. The van der Waals surface area contributed by atoms with Crippen LogP contribution in [0.2, 0.25) is 0 Å². The van der Waals surface area contributed by atoms with Gasteiger partial charge in [0.1, 0.15) is 17.6 Å². The first-order valence-electron chi connectivity index (χ1n) is 8.54. The van der Waals surface area contributed by atoms with Crippen LogP contribution in [0.15, 0.2) is 66.0 Å². The van der Waals surface area contributed by atoms with E-state index in [1.807, 2.05) is 38.1 Å². The Morgan fingerprint density at radius 2 is 1.59 bits per heavy atom. The van der Waals surface area contributed by atoms with E-state index in [-0.39, 0.29) is 17.0 Å². The van der Waals surface area contributed by atoms with Crippen molar-refractivity contribution in [1.82, 2.24) is 0 Å². The van der Waals surface area contributed by atoms with E-state index in [9.17, 15) is 10.1 Å². The maximum absolute atomic E-state index is 12.6. The molecule has 0 unspecified atom stereocenters. The molecule has 4 nitrogen and oxygen atoms in total. The van der Waals surface area contributed by atoms with Gasteiger partial charge in [-0.1, -0.05) is 74.2 Å². The molecule has 6 heteroatoms. The van der Waals surface area contributed by atoms with Gasteiger partial charge < -0.3 is 9.26 Å². The minimum absolute atomic E-state index is 0.168. The number of nitrogens with zero attached hydrogens (tertiary/aromatic N) is 1. The Kier molecular flexibility index (Phi) is 7.50. The summed E-state index contributed by atoms with van der Waals surface area (Å²) in [5, 5.41) is 10.0. The molecule has 27 heavy (non-hydrogen) atoms. The van der Waals surface area contributed by atoms with Gasteiger partial charge in [-0.3, -0.25) is 0 Å². The zero-order chi connectivity index (χ0) is 19.9. The Morgan fingerprint density at radius 3 is 2.07 bits per heavy atom. The van der Waals surface area contributed by atoms with E-state index in [0.29, 0.717) is 17.7 Å². The molecule has 0 N–H and O–H groups in total. The minimum Gasteiger partial charge on any atom is -0.421 e. The van der Waals surface area contributed by atoms with E-state index < -0.39 is 12.2 Å². The summed E-state index contributed by atoms with van der Waals surface area (Å²) in [5.41, 5.74) is 1.01. The molecule has 0 fully saturated rings. The lowest BCUT2D eigenvalue weighted by Gasteiger charge is -2.21. The molecule has 0 radical (unpaired) electrons. The first-order chi connectivity index (χ1) is 12.8. The quantitative estimate of drug-likeness (QED) is 0.269. The van der Waals surface area contributed by atoms with E-state index >= 15 is 0 Å². The largest absolute Gasteiger partial charge is 0.421 e. The number of ether oxygens (including phenoxy) is 1. The molecule has 0 aliphatic rings. The van der Waals surface area contributed by atoms with E-state index in [1.54, 1.807) is 43.1 Å². The Morgan fingerprint density at radius 1 is 1.07 bits per heavy atom. The molecule has 0 heterocycles. The van der Waals surface area contributed by atoms with Gasteiger partial charge in [0.05, 0.1) is 12.2 Å². The third kappa shape index (κ3) is 5.87. The highest BCUT2D eigenvalue weighted by atomic mass is 32.4. The molecule has 1 atom stereocenters. The van der Waals surface area contributed by atoms with Gasteiger partial charge >= 0.3 is 5.97 Å². The van der Waals surface area contributed by atoms with Crippen LogP contribution in [-0.2, 0) is 21.1 Å². The fourth-order valence-electron chi connectivity index (χ4n) is 2.24. The highest BCUT2D eigenvalue weighted by molar-refractivity contribution is 8.14. The number of benzene rings is 2. The molecule has 0 amide bonds. The fourth-order valence-corrected chi connectivity index (χ4v) is 4.23. The van der Waals surface area contributed by atoms with Gasteiger partial charge in [0.15, 0.2) is 5.76 Å². The van der Waals surface area contributed by atoms with E-state index in [4.69, 9.17) is 21.1 Å². The molecule has 0 spiro atoms. The molecule has 0 aliphatic heterocycles. The Labute approximate surface area is 165 Å². The molecular formula is C21H22NO3PS. The first-order valence-corrected chi connectivity index (χ1v) is 11.7. The number of esters is 1. The van der Waals surface area contributed by atoms with Gasteiger partial charge in [-0.25, -0.2) is 4.79 Å². The van der Waals surface area contributed by atoms with Gasteiger partial charge in [0.2, 0.25) is 0 Å². The third-order valence-corrected chi connectivity index (χ3v) is 6.24. The lowest BCUT2D eigenvalue weighted by Crippen LogP contribution is -2.08. The predicted molar refractivity (Wildman–Crippen MR) is 112 cm³/mol. The molecular weight excluding hydrogens is 377 g/mol. The second-order valence-corrected chi connectivity index (χ2v) is 10.9. The van der Waals surface area contributed by atoms with E-state index in [2.05, 4.69) is 6.07 Å². The number of carbonyl (C=O) groups is 1. The van der Waals surface area contributed by atoms with Crippen LogP contribution in [0.1, 0.15) is 29.8 Å². The van der Waals surface area contributed by atoms with Crippen LogP contribution in [0.5, 0.6) is 0 Å². The fraction of sp³-hybridized carbons (Fsp3) is 0.238. The van der Waals surface area contributed by atoms with Crippen LogP contribution in [0.4, 0.5) is 0 Å². The van der Waals surface area contributed by atoms with E-state index in [0.717, 1.165) is 0 Å². The predicted octanol–water partition coefficient (Wildman–Crippen LogP) is 5.43. The van der Waals surface area contributed by atoms with Crippen molar-refractivity contribution in [2.75, 3.05) is 13.3 Å². The van der Waals surface area contributed by atoms with Crippen molar-refractivity contribution in [2.45, 2.75) is 13.8 Å². The van der Waals surface area contributed by atoms with Crippen molar-refractivity contribution >= 4 is 29.8 Å². The second kappa shape index (κ2) is 9.62. The van der Waals surface area contributed by atoms with Crippen molar-refractivity contribution in [3.63, 3.8) is 0 Å². The summed E-state index contributed by atoms with van der Waals surface area (Å²) in [6.45, 7) is 6.20. The highest BCUT2D eigenvalue weighted by Gasteiger charge is 2.26. The van der Waals surface area contributed by atoms with Gasteiger partial charge in [-0.2, -0.15) is 5.26 Å². The summed E-state index contributed by atoms with van der Waals surface area (Å²) in [6.07, 6.45) is -2.65. The van der Waals surface area contributed by atoms with Crippen LogP contribution in [0, 0.1) is 17.2 Å². The average molecular weight is 399 g/mol. The molecule has 0 saturated carbocycles. The number of nitriles is 1. The van der Waals surface area contributed by atoms with Crippen LogP contribution in [-0.4, -0.2) is 19.2 Å². The van der Waals surface area contributed by atoms with Crippen molar-refractivity contribution in [1.29, 1.82) is 5.26 Å². The first kappa shape index (κ1) is 21.1. The molecule has 0 aromatic heterocycles. The summed E-state index contributed by atoms with van der Waals surface area (Å²) in [6, 6.07) is 19.8. The second-order valence-electron chi connectivity index (χ2n) is 6.45. The Bertz CT molecular complexity index is 902. The number of rotatable bonds is 7. The van der Waals surface area contributed by atoms with Crippen molar-refractivity contribution in [2.24, 2.45) is 5.92 Å². The molecule has 140 valence electrons. The topological polar surface area (TPSA) is 59.3 Å². The summed E-state index contributed by atoms with van der Waals surface area (Å²) in [5.74, 6) is -0.0955. The summed E-state index contributed by atoms with van der Waals surface area (Å²) >= 11 is 5.65. The summed E-state index contributed by atoms with van der Waals surface area (Å²) in [7, 11) is 0. The maximum atomic E-state index is 12.6. The SMILES string of the molecule is CC(C)CO[P@@](C)(=S)/C(C#N)=C(/OC(=O)c1ccccc1)c1ccccc1. The molecule has 2 aromatic rings. The van der Waals surface area contributed by atoms with Crippen molar-refractivity contribution in [3.8, 4) is 6.07 Å². The molecule has 0 bridgehead atoms.